The van der Waals surface area contributed by atoms with Crippen molar-refractivity contribution in [2.45, 2.75) is 46.3 Å². The molecule has 0 saturated heterocycles. The first kappa shape index (κ1) is 15.5. The Morgan fingerprint density at radius 3 is 2.43 bits per heavy atom. The van der Waals surface area contributed by atoms with Gasteiger partial charge in [-0.05, 0) is 52.8 Å². The van der Waals surface area contributed by atoms with E-state index in [2.05, 4.69) is 4.98 Å². The van der Waals surface area contributed by atoms with Crippen molar-refractivity contribution >= 4 is 0 Å². The number of nitrogens with zero attached hydrogens (tertiary/aromatic N) is 1. The number of aromatic nitrogens is 1. The van der Waals surface area contributed by atoms with Gasteiger partial charge >= 0.3 is 0 Å². The van der Waals surface area contributed by atoms with Crippen molar-refractivity contribution in [2.24, 2.45) is 0 Å². The third kappa shape index (κ3) is 3.82. The summed E-state index contributed by atoms with van der Waals surface area (Å²) < 4.78 is 5.72. The molecule has 0 aliphatic heterocycles. The van der Waals surface area contributed by atoms with E-state index in [1.165, 1.54) is 0 Å². The third-order valence-corrected chi connectivity index (χ3v) is 3.25. The summed E-state index contributed by atoms with van der Waals surface area (Å²) in [4.78, 5) is 4.61. The van der Waals surface area contributed by atoms with E-state index in [4.69, 9.17) is 4.74 Å². The average molecular weight is 285 g/mol. The molecule has 0 aliphatic carbocycles. The van der Waals surface area contributed by atoms with Crippen LogP contribution in [0.5, 0.6) is 5.75 Å². The highest BCUT2D eigenvalue weighted by Crippen LogP contribution is 2.27. The Kier molecular flexibility index (Phi) is 4.33. The Morgan fingerprint density at radius 2 is 1.86 bits per heavy atom. The van der Waals surface area contributed by atoms with E-state index in [1.54, 1.807) is 13.8 Å². The number of pyridine rings is 1. The van der Waals surface area contributed by atoms with E-state index in [0.29, 0.717) is 0 Å². The molecule has 0 saturated carbocycles. The number of aliphatic hydroxyl groups is 1. The lowest BCUT2D eigenvalue weighted by atomic mass is 9.96. The molecule has 0 spiro atoms. The Labute approximate surface area is 126 Å². The zero-order chi connectivity index (χ0) is 15.6. The number of aryl methyl sites for hydroxylation is 1. The molecule has 112 valence electrons. The lowest BCUT2D eigenvalue weighted by molar-refractivity contribution is 0.0775. The van der Waals surface area contributed by atoms with Gasteiger partial charge in [0.25, 0.3) is 0 Å². The molecule has 2 rings (SSSR count). The van der Waals surface area contributed by atoms with Crippen molar-refractivity contribution in [3.8, 4) is 17.0 Å². The van der Waals surface area contributed by atoms with Crippen LogP contribution < -0.4 is 4.74 Å². The molecule has 0 bridgehead atoms. The van der Waals surface area contributed by atoms with Crippen molar-refractivity contribution in [3.05, 3.63) is 47.7 Å². The summed E-state index contributed by atoms with van der Waals surface area (Å²) >= 11 is 0. The van der Waals surface area contributed by atoms with Crippen molar-refractivity contribution < 1.29 is 9.84 Å². The second-order valence-corrected chi connectivity index (χ2v) is 6.08. The molecule has 1 aromatic heterocycles. The summed E-state index contributed by atoms with van der Waals surface area (Å²) in [6, 6.07) is 11.8. The lowest BCUT2D eigenvalue weighted by Gasteiger charge is -2.20. The second-order valence-electron chi connectivity index (χ2n) is 6.08. The zero-order valence-corrected chi connectivity index (χ0v) is 13.3. The van der Waals surface area contributed by atoms with Gasteiger partial charge in [-0.15, -0.1) is 0 Å². The number of ether oxygens (including phenoxy) is 1. The van der Waals surface area contributed by atoms with Gasteiger partial charge in [0.1, 0.15) is 5.75 Å². The van der Waals surface area contributed by atoms with Gasteiger partial charge in [0.05, 0.1) is 17.4 Å². The highest BCUT2D eigenvalue weighted by Gasteiger charge is 2.19. The summed E-state index contributed by atoms with van der Waals surface area (Å²) in [5.41, 5.74) is 2.71. The molecule has 3 nitrogen and oxygen atoms in total. The minimum absolute atomic E-state index is 0.146. The topological polar surface area (TPSA) is 42.4 Å². The molecule has 21 heavy (non-hydrogen) atoms. The molecule has 0 atom stereocenters. The van der Waals surface area contributed by atoms with Gasteiger partial charge in [0.15, 0.2) is 0 Å². The average Bonchev–Trinajstić information content (AvgIpc) is 2.36. The fourth-order valence-electron chi connectivity index (χ4n) is 2.37. The van der Waals surface area contributed by atoms with Crippen molar-refractivity contribution in [3.63, 3.8) is 0 Å². The van der Waals surface area contributed by atoms with Gasteiger partial charge < -0.3 is 9.84 Å². The largest absolute Gasteiger partial charge is 0.491 e. The first-order chi connectivity index (χ1) is 9.77. The van der Waals surface area contributed by atoms with E-state index in [-0.39, 0.29) is 6.10 Å². The van der Waals surface area contributed by atoms with Gasteiger partial charge in [0.2, 0.25) is 0 Å². The molecular formula is C18H23NO2. The molecule has 0 fully saturated rings. The highest BCUT2D eigenvalue weighted by molar-refractivity contribution is 5.61. The molecule has 2 aromatic rings. The van der Waals surface area contributed by atoms with Crippen molar-refractivity contribution in [2.75, 3.05) is 0 Å². The summed E-state index contributed by atoms with van der Waals surface area (Å²) in [6.07, 6.45) is 0.146. The number of hydrogen-bond donors (Lipinski definition) is 1. The van der Waals surface area contributed by atoms with Crippen LogP contribution in [0.3, 0.4) is 0 Å². The first-order valence-corrected chi connectivity index (χ1v) is 7.25. The monoisotopic (exact) mass is 285 g/mol. The van der Waals surface area contributed by atoms with Gasteiger partial charge in [-0.1, -0.05) is 18.2 Å². The Morgan fingerprint density at radius 1 is 1.14 bits per heavy atom. The fraction of sp³-hybridized carbons (Fsp3) is 0.389. The smallest absolute Gasteiger partial charge is 0.120 e. The van der Waals surface area contributed by atoms with Gasteiger partial charge in [0, 0.05) is 16.8 Å². The van der Waals surface area contributed by atoms with E-state index >= 15 is 0 Å². The zero-order valence-electron chi connectivity index (χ0n) is 13.3. The number of benzene rings is 1. The fourth-order valence-corrected chi connectivity index (χ4v) is 2.37. The van der Waals surface area contributed by atoms with Crippen LogP contribution in [0.1, 0.15) is 39.0 Å². The maximum absolute atomic E-state index is 10.1. The summed E-state index contributed by atoms with van der Waals surface area (Å²) in [6.45, 7) is 9.48. The molecule has 3 heteroatoms. The third-order valence-electron chi connectivity index (χ3n) is 3.25. The molecule has 0 radical (unpaired) electrons. The highest BCUT2D eigenvalue weighted by atomic mass is 16.5. The van der Waals surface area contributed by atoms with Crippen LogP contribution in [0.4, 0.5) is 0 Å². The van der Waals surface area contributed by atoms with Crippen molar-refractivity contribution in [1.82, 2.24) is 4.98 Å². The molecule has 1 heterocycles. The SMILES string of the molecule is Cc1nc(-c2cccc(OC(C)C)c2)ccc1C(C)(C)O. The molecule has 0 amide bonds. The van der Waals surface area contributed by atoms with Crippen molar-refractivity contribution in [1.29, 1.82) is 0 Å². The van der Waals surface area contributed by atoms with Crippen LogP contribution in [0.15, 0.2) is 36.4 Å². The lowest BCUT2D eigenvalue weighted by Crippen LogP contribution is -2.17. The summed E-state index contributed by atoms with van der Waals surface area (Å²) in [5.74, 6) is 0.841. The number of hydrogen-bond acceptors (Lipinski definition) is 3. The van der Waals surface area contributed by atoms with Crippen LogP contribution in [0.25, 0.3) is 11.3 Å². The molecule has 0 unspecified atom stereocenters. The standard InChI is InChI=1S/C18H23NO2/c1-12(2)21-15-8-6-7-14(11-15)17-10-9-16(13(3)19-17)18(4,5)20/h6-12,20H,1-5H3. The first-order valence-electron chi connectivity index (χ1n) is 7.25. The Balaban J connectivity index is 2.37. The van der Waals surface area contributed by atoms with E-state index < -0.39 is 5.60 Å². The van der Waals surface area contributed by atoms with Crippen LogP contribution in [0, 0.1) is 6.92 Å². The minimum atomic E-state index is -0.877. The molecule has 0 aliphatic rings. The predicted molar refractivity (Wildman–Crippen MR) is 85.4 cm³/mol. The quantitative estimate of drug-likeness (QED) is 0.920. The number of rotatable bonds is 4. The van der Waals surface area contributed by atoms with E-state index in [1.807, 2.05) is 57.2 Å². The van der Waals surface area contributed by atoms with Crippen LogP contribution in [0.2, 0.25) is 0 Å². The van der Waals surface area contributed by atoms with Crippen LogP contribution >= 0.6 is 0 Å². The molecule has 1 aromatic carbocycles. The van der Waals surface area contributed by atoms with Gasteiger partial charge in [-0.25, -0.2) is 0 Å². The van der Waals surface area contributed by atoms with E-state index in [9.17, 15) is 5.11 Å². The van der Waals surface area contributed by atoms with Gasteiger partial charge in [-0.2, -0.15) is 0 Å². The summed E-state index contributed by atoms with van der Waals surface area (Å²) in [7, 11) is 0. The van der Waals surface area contributed by atoms with Crippen LogP contribution in [-0.2, 0) is 5.60 Å². The Hall–Kier alpha value is -1.87. The summed E-state index contributed by atoms with van der Waals surface area (Å²) in [5, 5.41) is 10.1. The Bertz CT molecular complexity index is 627. The maximum Gasteiger partial charge on any atom is 0.120 e. The second kappa shape index (κ2) is 5.86. The molecule has 1 N–H and O–H groups in total. The predicted octanol–water partition coefficient (Wildman–Crippen LogP) is 4.07. The normalized spacial score (nSPS) is 11.8. The van der Waals surface area contributed by atoms with Crippen LogP contribution in [-0.4, -0.2) is 16.2 Å². The van der Waals surface area contributed by atoms with E-state index in [0.717, 1.165) is 28.3 Å². The molecular weight excluding hydrogens is 262 g/mol. The van der Waals surface area contributed by atoms with Gasteiger partial charge in [-0.3, -0.25) is 4.98 Å². The minimum Gasteiger partial charge on any atom is -0.491 e. The maximum atomic E-state index is 10.1.